The van der Waals surface area contributed by atoms with Crippen LogP contribution in [0.15, 0.2) is 36.8 Å². The highest BCUT2D eigenvalue weighted by molar-refractivity contribution is 5.91. The molecule has 0 spiro atoms. The molecular formula is C15H20N4O. The highest BCUT2D eigenvalue weighted by atomic mass is 16.1. The van der Waals surface area contributed by atoms with E-state index in [1.807, 2.05) is 38.1 Å². The van der Waals surface area contributed by atoms with Crippen LogP contribution in [-0.4, -0.2) is 21.9 Å². The van der Waals surface area contributed by atoms with Gasteiger partial charge >= 0.3 is 0 Å². The molecule has 2 aromatic rings. The summed E-state index contributed by atoms with van der Waals surface area (Å²) in [5.74, 6) is 0.240. The van der Waals surface area contributed by atoms with Crippen LogP contribution in [0.25, 0.3) is 11.3 Å². The number of aromatic amines is 1. The zero-order valence-electron chi connectivity index (χ0n) is 11.8. The molecule has 1 heterocycles. The molecule has 0 bridgehead atoms. The number of H-pyrrole nitrogens is 1. The molecule has 0 saturated heterocycles. The first-order valence-corrected chi connectivity index (χ1v) is 6.70. The Labute approximate surface area is 118 Å². The second-order valence-corrected chi connectivity index (χ2v) is 5.20. The second-order valence-electron chi connectivity index (χ2n) is 5.20. The Kier molecular flexibility index (Phi) is 4.53. The van der Waals surface area contributed by atoms with Crippen LogP contribution in [0.3, 0.4) is 0 Å². The number of nitrogens with two attached hydrogens (primary N) is 1. The minimum atomic E-state index is -0.112. The third-order valence-corrected chi connectivity index (χ3v) is 3.26. The summed E-state index contributed by atoms with van der Waals surface area (Å²) in [4.78, 5) is 18.9. The Hall–Kier alpha value is -2.14. The van der Waals surface area contributed by atoms with Crippen molar-refractivity contribution >= 4 is 11.6 Å². The highest BCUT2D eigenvalue weighted by Gasteiger charge is 2.13. The number of nitrogens with one attached hydrogen (secondary N) is 2. The molecule has 4 N–H and O–H groups in total. The molecule has 1 unspecified atom stereocenters. The lowest BCUT2D eigenvalue weighted by Gasteiger charge is -2.15. The largest absolute Gasteiger partial charge is 0.345 e. The van der Waals surface area contributed by atoms with Crippen LogP contribution in [0, 0.1) is 5.92 Å². The Morgan fingerprint density at radius 2 is 2.05 bits per heavy atom. The van der Waals surface area contributed by atoms with Gasteiger partial charge in [-0.25, -0.2) is 4.98 Å². The van der Waals surface area contributed by atoms with Gasteiger partial charge in [-0.15, -0.1) is 0 Å². The number of hydrogen-bond acceptors (Lipinski definition) is 3. The van der Waals surface area contributed by atoms with Crippen LogP contribution in [0.5, 0.6) is 0 Å². The van der Waals surface area contributed by atoms with Crippen LogP contribution < -0.4 is 11.1 Å². The molecule has 0 aliphatic rings. The third-order valence-electron chi connectivity index (χ3n) is 3.26. The number of carbonyl (C=O) groups excluding carboxylic acids is 1. The highest BCUT2D eigenvalue weighted by Crippen LogP contribution is 2.19. The van der Waals surface area contributed by atoms with Gasteiger partial charge in [-0.2, -0.15) is 0 Å². The predicted molar refractivity (Wildman–Crippen MR) is 80.1 cm³/mol. The molecule has 0 fully saturated rings. The van der Waals surface area contributed by atoms with E-state index in [4.69, 9.17) is 5.73 Å². The maximum Gasteiger partial charge on any atom is 0.225 e. The average molecular weight is 272 g/mol. The van der Waals surface area contributed by atoms with E-state index in [0.29, 0.717) is 12.3 Å². The quantitative estimate of drug-likeness (QED) is 0.781. The lowest BCUT2D eigenvalue weighted by Crippen LogP contribution is -2.31. The van der Waals surface area contributed by atoms with Crippen LogP contribution in [-0.2, 0) is 4.79 Å². The smallest absolute Gasteiger partial charge is 0.225 e. The number of rotatable bonds is 5. The molecule has 20 heavy (non-hydrogen) atoms. The van der Waals surface area contributed by atoms with Crippen molar-refractivity contribution in [3.8, 4) is 11.3 Å². The summed E-state index contributed by atoms with van der Waals surface area (Å²) in [6.45, 7) is 4.02. The molecule has 0 saturated carbocycles. The molecule has 0 radical (unpaired) electrons. The van der Waals surface area contributed by atoms with E-state index >= 15 is 0 Å². The molecule has 2 rings (SSSR count). The summed E-state index contributed by atoms with van der Waals surface area (Å²) < 4.78 is 0. The summed E-state index contributed by atoms with van der Waals surface area (Å²) in [7, 11) is 0. The third kappa shape index (κ3) is 3.68. The Bertz CT molecular complexity index is 546. The number of aromatic nitrogens is 2. The van der Waals surface area contributed by atoms with Crippen LogP contribution in [0.2, 0.25) is 0 Å². The van der Waals surface area contributed by atoms with Gasteiger partial charge in [-0.1, -0.05) is 26.0 Å². The predicted octanol–water partition coefficient (Wildman–Crippen LogP) is 2.39. The zero-order chi connectivity index (χ0) is 14.5. The molecule has 5 nitrogen and oxygen atoms in total. The monoisotopic (exact) mass is 272 g/mol. The van der Waals surface area contributed by atoms with E-state index in [9.17, 15) is 4.79 Å². The van der Waals surface area contributed by atoms with Crippen molar-refractivity contribution in [2.45, 2.75) is 26.3 Å². The molecule has 0 aliphatic heterocycles. The van der Waals surface area contributed by atoms with Crippen molar-refractivity contribution in [2.75, 3.05) is 5.32 Å². The van der Waals surface area contributed by atoms with E-state index in [0.717, 1.165) is 16.9 Å². The van der Waals surface area contributed by atoms with Crippen molar-refractivity contribution in [1.29, 1.82) is 0 Å². The summed E-state index contributed by atoms with van der Waals surface area (Å²) >= 11 is 0. The van der Waals surface area contributed by atoms with Crippen molar-refractivity contribution < 1.29 is 4.79 Å². The summed E-state index contributed by atoms with van der Waals surface area (Å²) in [6, 6.07) is 7.50. The zero-order valence-corrected chi connectivity index (χ0v) is 11.8. The van der Waals surface area contributed by atoms with Crippen LogP contribution in [0.1, 0.15) is 20.3 Å². The number of imidazole rings is 1. The first-order valence-electron chi connectivity index (χ1n) is 6.70. The Morgan fingerprint density at radius 3 is 2.60 bits per heavy atom. The number of nitrogens with zero attached hydrogens (tertiary/aromatic N) is 1. The van der Waals surface area contributed by atoms with Crippen LogP contribution >= 0.6 is 0 Å². The van der Waals surface area contributed by atoms with Crippen molar-refractivity contribution in [2.24, 2.45) is 11.7 Å². The molecule has 1 aromatic carbocycles. The molecule has 0 aliphatic carbocycles. The number of carbonyl (C=O) groups is 1. The normalized spacial score (nSPS) is 12.4. The van der Waals surface area contributed by atoms with Gasteiger partial charge in [0, 0.05) is 18.2 Å². The molecule has 1 atom stereocenters. The van der Waals surface area contributed by atoms with E-state index in [-0.39, 0.29) is 11.9 Å². The molecule has 1 aromatic heterocycles. The first-order chi connectivity index (χ1) is 9.56. The van der Waals surface area contributed by atoms with Gasteiger partial charge in [0.1, 0.15) is 0 Å². The lowest BCUT2D eigenvalue weighted by molar-refractivity contribution is -0.116. The Morgan fingerprint density at radius 1 is 1.35 bits per heavy atom. The summed E-state index contributed by atoms with van der Waals surface area (Å²) in [5, 5.41) is 2.86. The minimum absolute atomic E-state index is 0.0551. The van der Waals surface area contributed by atoms with Crippen LogP contribution in [0.4, 0.5) is 5.69 Å². The van der Waals surface area contributed by atoms with Gasteiger partial charge in [-0.3, -0.25) is 4.79 Å². The average Bonchev–Trinajstić information content (AvgIpc) is 2.93. The SMILES string of the molecule is CC(C)C(N)CC(=O)Nc1ccc(-c2cnc[nH]2)cc1. The topological polar surface area (TPSA) is 83.8 Å². The number of anilines is 1. The molecule has 1 amide bonds. The Balaban J connectivity index is 1.95. The van der Waals surface area contributed by atoms with Gasteiger partial charge in [0.05, 0.1) is 18.2 Å². The van der Waals surface area contributed by atoms with Crippen molar-refractivity contribution in [3.05, 3.63) is 36.8 Å². The van der Waals surface area contributed by atoms with E-state index in [2.05, 4.69) is 15.3 Å². The number of amides is 1. The fourth-order valence-corrected chi connectivity index (χ4v) is 1.81. The van der Waals surface area contributed by atoms with Crippen molar-refractivity contribution in [1.82, 2.24) is 9.97 Å². The standard InChI is InChI=1S/C15H20N4O/c1-10(2)13(16)7-15(20)19-12-5-3-11(4-6-12)14-8-17-9-18-14/h3-6,8-10,13H,7,16H2,1-2H3,(H,17,18)(H,19,20). The maximum atomic E-state index is 11.8. The van der Waals surface area contributed by atoms with Gasteiger partial charge in [0.15, 0.2) is 0 Å². The second kappa shape index (κ2) is 6.34. The van der Waals surface area contributed by atoms with Gasteiger partial charge in [0.2, 0.25) is 5.91 Å². The van der Waals surface area contributed by atoms with Gasteiger partial charge < -0.3 is 16.0 Å². The molecular weight excluding hydrogens is 252 g/mol. The summed E-state index contributed by atoms with van der Waals surface area (Å²) in [6.07, 6.45) is 3.73. The maximum absolute atomic E-state index is 11.8. The summed E-state index contributed by atoms with van der Waals surface area (Å²) in [5.41, 5.74) is 8.64. The van der Waals surface area contributed by atoms with Crippen molar-refractivity contribution in [3.63, 3.8) is 0 Å². The number of hydrogen-bond donors (Lipinski definition) is 3. The fraction of sp³-hybridized carbons (Fsp3) is 0.333. The van der Waals surface area contributed by atoms with Gasteiger partial charge in [0.25, 0.3) is 0 Å². The fourth-order valence-electron chi connectivity index (χ4n) is 1.81. The number of benzene rings is 1. The van der Waals surface area contributed by atoms with E-state index in [1.165, 1.54) is 0 Å². The van der Waals surface area contributed by atoms with Gasteiger partial charge in [-0.05, 0) is 23.6 Å². The molecule has 5 heteroatoms. The van der Waals surface area contributed by atoms with E-state index < -0.39 is 0 Å². The first kappa shape index (κ1) is 14.3. The van der Waals surface area contributed by atoms with E-state index in [1.54, 1.807) is 12.5 Å². The lowest BCUT2D eigenvalue weighted by atomic mass is 10.0. The minimum Gasteiger partial charge on any atom is -0.345 e. The molecule has 106 valence electrons.